The van der Waals surface area contributed by atoms with Crippen molar-refractivity contribution in [3.63, 3.8) is 0 Å². The molecule has 0 aromatic rings. The second-order valence-corrected chi connectivity index (χ2v) is 3.33. The van der Waals surface area contributed by atoms with Crippen LogP contribution in [0.5, 0.6) is 0 Å². The Balaban J connectivity index is 5.11. The first-order valence-corrected chi connectivity index (χ1v) is 5.01. The van der Waals surface area contributed by atoms with Gasteiger partial charge in [-0.05, 0) is 6.92 Å². The molecule has 0 aliphatic rings. The van der Waals surface area contributed by atoms with Gasteiger partial charge in [-0.25, -0.2) is 0 Å². The third-order valence-corrected chi connectivity index (χ3v) is 2.12. The van der Waals surface area contributed by atoms with E-state index in [1.54, 1.807) is 0 Å². The molecule has 0 N–H and O–H groups in total. The molecule has 0 spiro atoms. The zero-order chi connectivity index (χ0) is 12.9. The van der Waals surface area contributed by atoms with E-state index in [2.05, 4.69) is 0 Å². The van der Waals surface area contributed by atoms with Crippen LogP contribution in [0.3, 0.4) is 0 Å². The third-order valence-electron chi connectivity index (χ3n) is 2.12. The molecule has 0 rings (SSSR count). The Bertz CT molecular complexity index is 325. The summed E-state index contributed by atoms with van der Waals surface area (Å²) < 4.78 is 0. The van der Waals surface area contributed by atoms with Crippen LogP contribution in [0, 0.1) is 5.92 Å². The summed E-state index contributed by atoms with van der Waals surface area (Å²) in [5.41, 5.74) is 0. The predicted molar refractivity (Wildman–Crippen MR) is 54.8 cm³/mol. The summed E-state index contributed by atoms with van der Waals surface area (Å²) in [6.45, 7) is 3.92. The van der Waals surface area contributed by atoms with Gasteiger partial charge in [-0.1, -0.05) is 13.8 Å². The summed E-state index contributed by atoms with van der Waals surface area (Å²) >= 11 is 0. The monoisotopic (exact) mass is 226 g/mol. The number of carbonyl (C=O) groups is 5. The first kappa shape index (κ1) is 14.3. The molecule has 0 saturated carbocycles. The van der Waals surface area contributed by atoms with Crippen molar-refractivity contribution in [1.29, 1.82) is 0 Å². The molecule has 5 nitrogen and oxygen atoms in total. The molecule has 0 aliphatic carbocycles. The van der Waals surface area contributed by atoms with E-state index in [1.165, 1.54) is 13.8 Å². The number of ketones is 5. The minimum Gasteiger partial charge on any atom is -0.299 e. The maximum Gasteiger partial charge on any atom is 0.216 e. The molecule has 0 saturated heterocycles. The average Bonchev–Trinajstić information content (AvgIpc) is 2.26. The highest BCUT2D eigenvalue weighted by molar-refractivity contribution is 6.54. The van der Waals surface area contributed by atoms with Crippen LogP contribution in [0.25, 0.3) is 0 Å². The van der Waals surface area contributed by atoms with Gasteiger partial charge in [0.2, 0.25) is 11.6 Å². The van der Waals surface area contributed by atoms with E-state index in [-0.39, 0.29) is 12.8 Å². The number of hydrogen-bond donors (Lipinski definition) is 0. The standard InChI is InChI=1S/C11H14O5/c1-4-7(13)10(15)9(6(3)12)11(16)8(14)5-2/h9H,4-5H2,1-3H3. The first-order chi connectivity index (χ1) is 7.36. The Morgan fingerprint density at radius 3 is 1.31 bits per heavy atom. The quantitative estimate of drug-likeness (QED) is 0.460. The molecule has 88 valence electrons. The lowest BCUT2D eigenvalue weighted by molar-refractivity contribution is -0.149. The largest absolute Gasteiger partial charge is 0.299 e. The van der Waals surface area contributed by atoms with Crippen molar-refractivity contribution < 1.29 is 24.0 Å². The zero-order valence-electron chi connectivity index (χ0n) is 9.53. The summed E-state index contributed by atoms with van der Waals surface area (Å²) in [6, 6.07) is 0. The van der Waals surface area contributed by atoms with Crippen LogP contribution in [0.15, 0.2) is 0 Å². The van der Waals surface area contributed by atoms with Crippen molar-refractivity contribution in [3.05, 3.63) is 0 Å². The number of hydrogen-bond acceptors (Lipinski definition) is 5. The van der Waals surface area contributed by atoms with Crippen molar-refractivity contribution in [2.24, 2.45) is 5.92 Å². The molecular formula is C11H14O5. The van der Waals surface area contributed by atoms with E-state index >= 15 is 0 Å². The first-order valence-electron chi connectivity index (χ1n) is 5.01. The van der Waals surface area contributed by atoms with Crippen LogP contribution in [0.2, 0.25) is 0 Å². The molecule has 0 fully saturated rings. The number of rotatable bonds is 7. The molecule has 0 amide bonds. The van der Waals surface area contributed by atoms with E-state index < -0.39 is 34.8 Å². The topological polar surface area (TPSA) is 85.3 Å². The van der Waals surface area contributed by atoms with Gasteiger partial charge in [0.1, 0.15) is 11.7 Å². The highest BCUT2D eigenvalue weighted by Gasteiger charge is 2.37. The van der Waals surface area contributed by atoms with Crippen LogP contribution < -0.4 is 0 Å². The summed E-state index contributed by atoms with van der Waals surface area (Å²) in [6.07, 6.45) is -0.174. The van der Waals surface area contributed by atoms with E-state index in [0.29, 0.717) is 0 Å². The second kappa shape index (κ2) is 6.05. The summed E-state index contributed by atoms with van der Waals surface area (Å²) in [4.78, 5) is 56.2. The van der Waals surface area contributed by atoms with Gasteiger partial charge in [0.15, 0.2) is 11.6 Å². The van der Waals surface area contributed by atoms with Crippen molar-refractivity contribution in [3.8, 4) is 0 Å². The highest BCUT2D eigenvalue weighted by Crippen LogP contribution is 2.07. The molecule has 0 aliphatic heterocycles. The van der Waals surface area contributed by atoms with Crippen molar-refractivity contribution in [2.45, 2.75) is 33.6 Å². The maximum atomic E-state index is 11.4. The Kier molecular flexibility index (Phi) is 5.42. The number of carbonyl (C=O) groups excluding carboxylic acids is 5. The molecule has 0 heterocycles. The lowest BCUT2D eigenvalue weighted by atomic mass is 9.89. The average molecular weight is 226 g/mol. The van der Waals surface area contributed by atoms with Gasteiger partial charge in [-0.2, -0.15) is 0 Å². The minimum absolute atomic E-state index is 0.0871. The lowest BCUT2D eigenvalue weighted by Gasteiger charge is -2.08. The van der Waals surface area contributed by atoms with Gasteiger partial charge >= 0.3 is 0 Å². The van der Waals surface area contributed by atoms with Crippen LogP contribution in [-0.4, -0.2) is 28.9 Å². The molecule has 0 atom stereocenters. The molecule has 0 bridgehead atoms. The Morgan fingerprint density at radius 1 is 0.812 bits per heavy atom. The highest BCUT2D eigenvalue weighted by atomic mass is 16.2. The zero-order valence-corrected chi connectivity index (χ0v) is 9.53. The molecule has 16 heavy (non-hydrogen) atoms. The smallest absolute Gasteiger partial charge is 0.216 e. The fraction of sp³-hybridized carbons (Fsp3) is 0.545. The van der Waals surface area contributed by atoms with E-state index in [0.717, 1.165) is 6.92 Å². The van der Waals surface area contributed by atoms with Crippen molar-refractivity contribution in [2.75, 3.05) is 0 Å². The Morgan fingerprint density at radius 2 is 1.12 bits per heavy atom. The number of Topliss-reactive ketones (excluding diaryl/α,β-unsaturated/α-hetero) is 5. The van der Waals surface area contributed by atoms with Crippen LogP contribution in [0.1, 0.15) is 33.6 Å². The van der Waals surface area contributed by atoms with Crippen LogP contribution >= 0.6 is 0 Å². The third kappa shape index (κ3) is 3.18. The maximum absolute atomic E-state index is 11.4. The Hall–Kier alpha value is -1.65. The Labute approximate surface area is 93.2 Å². The fourth-order valence-electron chi connectivity index (χ4n) is 1.16. The SMILES string of the molecule is CCC(=O)C(=O)C(C(C)=O)C(=O)C(=O)CC. The van der Waals surface area contributed by atoms with Gasteiger partial charge in [0.25, 0.3) is 0 Å². The molecule has 0 unspecified atom stereocenters. The minimum atomic E-state index is -1.74. The van der Waals surface area contributed by atoms with Gasteiger partial charge < -0.3 is 0 Å². The summed E-state index contributed by atoms with van der Waals surface area (Å²) in [5.74, 6) is -6.28. The molecule has 0 aromatic carbocycles. The molecule has 0 aromatic heterocycles. The van der Waals surface area contributed by atoms with Gasteiger partial charge in [-0.15, -0.1) is 0 Å². The normalized spacial score (nSPS) is 10.0. The summed E-state index contributed by atoms with van der Waals surface area (Å²) in [5, 5.41) is 0. The van der Waals surface area contributed by atoms with E-state index in [1.807, 2.05) is 0 Å². The van der Waals surface area contributed by atoms with Crippen LogP contribution in [-0.2, 0) is 24.0 Å². The van der Waals surface area contributed by atoms with Crippen molar-refractivity contribution in [1.82, 2.24) is 0 Å². The second-order valence-electron chi connectivity index (χ2n) is 3.33. The van der Waals surface area contributed by atoms with Gasteiger partial charge in [-0.3, -0.25) is 24.0 Å². The fourth-order valence-corrected chi connectivity index (χ4v) is 1.16. The predicted octanol–water partition coefficient (Wildman–Crippen LogP) is 0.288. The van der Waals surface area contributed by atoms with Gasteiger partial charge in [0, 0.05) is 12.8 Å². The van der Waals surface area contributed by atoms with Crippen LogP contribution in [0.4, 0.5) is 0 Å². The molecular weight excluding hydrogens is 212 g/mol. The van der Waals surface area contributed by atoms with E-state index in [9.17, 15) is 24.0 Å². The molecule has 5 heteroatoms. The lowest BCUT2D eigenvalue weighted by Crippen LogP contribution is -2.38. The molecule has 0 radical (unpaired) electrons. The van der Waals surface area contributed by atoms with Gasteiger partial charge in [0.05, 0.1) is 0 Å². The summed E-state index contributed by atoms with van der Waals surface area (Å²) in [7, 11) is 0. The van der Waals surface area contributed by atoms with Crippen molar-refractivity contribution >= 4 is 28.9 Å². The van der Waals surface area contributed by atoms with E-state index in [4.69, 9.17) is 0 Å².